The summed E-state index contributed by atoms with van der Waals surface area (Å²) in [7, 11) is 1.28. The number of hydrogen-bond acceptors (Lipinski definition) is 5. The summed E-state index contributed by atoms with van der Waals surface area (Å²) in [5.41, 5.74) is 0. The van der Waals surface area contributed by atoms with Crippen LogP contribution in [-0.2, 0) is 23.9 Å². The summed E-state index contributed by atoms with van der Waals surface area (Å²) in [6, 6.07) is 0. The molecule has 1 unspecified atom stereocenters. The third-order valence-electron chi connectivity index (χ3n) is 2.13. The quantitative estimate of drug-likeness (QED) is 0.626. The molecule has 8 heteroatoms. The van der Waals surface area contributed by atoms with Gasteiger partial charge in [-0.25, -0.2) is 4.79 Å². The van der Waals surface area contributed by atoms with Crippen LogP contribution in [0.3, 0.4) is 0 Å². The molecule has 18 heavy (non-hydrogen) atoms. The smallest absolute Gasteiger partial charge is 0.332 e. The highest BCUT2D eigenvalue weighted by Gasteiger charge is 2.31. The Bertz CT molecular complexity index is 292. The Morgan fingerprint density at radius 1 is 1.22 bits per heavy atom. The van der Waals surface area contributed by atoms with E-state index in [2.05, 4.69) is 4.74 Å². The first kappa shape index (κ1) is 19.0. The lowest BCUT2D eigenvalue weighted by Gasteiger charge is -2.21. The average Bonchev–Trinajstić information content (AvgIpc) is 2.16. The van der Waals surface area contributed by atoms with Crippen LogP contribution in [0.5, 0.6) is 0 Å². The number of ether oxygens (including phenoxy) is 2. The molecule has 0 heterocycles. The number of halogens is 1. The van der Waals surface area contributed by atoms with Gasteiger partial charge in [0, 0.05) is 7.11 Å². The zero-order valence-corrected chi connectivity index (χ0v) is 10.9. The minimum absolute atomic E-state index is 0. The van der Waals surface area contributed by atoms with E-state index in [1.807, 2.05) is 0 Å². The Labute approximate surface area is 110 Å². The van der Waals surface area contributed by atoms with E-state index >= 15 is 0 Å². The molecule has 0 rings (SSSR count). The van der Waals surface area contributed by atoms with Crippen molar-refractivity contribution < 1.29 is 34.1 Å². The predicted molar refractivity (Wildman–Crippen MR) is 62.7 cm³/mol. The second-order valence-corrected chi connectivity index (χ2v) is 3.41. The lowest BCUT2D eigenvalue weighted by Crippen LogP contribution is -2.35. The van der Waals surface area contributed by atoms with Crippen LogP contribution in [0.2, 0.25) is 0 Å². The Morgan fingerprint density at radius 3 is 2.11 bits per heavy atom. The molecular formula is C10H17ClO7. The third kappa shape index (κ3) is 7.08. The van der Waals surface area contributed by atoms with Crippen molar-refractivity contribution in [3.63, 3.8) is 0 Å². The molecule has 0 aromatic carbocycles. The first-order chi connectivity index (χ1) is 7.92. The van der Waals surface area contributed by atoms with E-state index in [1.165, 1.54) is 7.11 Å². The first-order valence-corrected chi connectivity index (χ1v) is 5.05. The summed E-state index contributed by atoms with van der Waals surface area (Å²) >= 11 is 0. The van der Waals surface area contributed by atoms with Gasteiger partial charge >= 0.3 is 17.9 Å². The van der Waals surface area contributed by atoms with Crippen molar-refractivity contribution in [2.75, 3.05) is 13.7 Å². The number of methoxy groups -OCH3 is 1. The largest absolute Gasteiger partial charge is 0.481 e. The Morgan fingerprint density at radius 2 is 1.78 bits per heavy atom. The van der Waals surface area contributed by atoms with Crippen molar-refractivity contribution in [1.82, 2.24) is 0 Å². The van der Waals surface area contributed by atoms with Crippen LogP contribution >= 0.6 is 12.4 Å². The third-order valence-corrected chi connectivity index (χ3v) is 2.13. The zero-order chi connectivity index (χ0) is 13.4. The van der Waals surface area contributed by atoms with Gasteiger partial charge in [0.15, 0.2) is 0 Å². The summed E-state index contributed by atoms with van der Waals surface area (Å²) < 4.78 is 9.30. The van der Waals surface area contributed by atoms with Crippen LogP contribution in [-0.4, -0.2) is 47.9 Å². The maximum atomic E-state index is 11.1. The molecule has 0 saturated carbocycles. The number of rotatable bonds is 8. The molecule has 0 spiro atoms. The van der Waals surface area contributed by atoms with Crippen molar-refractivity contribution in [2.45, 2.75) is 25.9 Å². The molecule has 0 amide bonds. The highest BCUT2D eigenvalue weighted by atomic mass is 35.5. The van der Waals surface area contributed by atoms with Gasteiger partial charge in [-0.2, -0.15) is 0 Å². The fraction of sp³-hybridized carbons (Fsp3) is 0.700. The number of aliphatic carboxylic acids is 2. The normalized spacial score (nSPS) is 13.0. The molecular weight excluding hydrogens is 268 g/mol. The fourth-order valence-electron chi connectivity index (χ4n) is 1.36. The molecule has 0 aliphatic rings. The lowest BCUT2D eigenvalue weighted by atomic mass is 9.97. The van der Waals surface area contributed by atoms with Gasteiger partial charge in [0.25, 0.3) is 0 Å². The standard InChI is InChI=1S/C10H16O7.ClH/c1-3-6(10(14)15)7(4-8(11)12)17-9(13)5-16-2;/h6-7H,3-5H2,1-2H3,(H,11,12)(H,14,15);1H/t6?,7-;/m1./s1. The molecule has 0 saturated heterocycles. The minimum atomic E-state index is -1.22. The second-order valence-electron chi connectivity index (χ2n) is 3.41. The van der Waals surface area contributed by atoms with E-state index in [9.17, 15) is 14.4 Å². The van der Waals surface area contributed by atoms with Gasteiger partial charge in [0.05, 0.1) is 12.3 Å². The Hall–Kier alpha value is -1.34. The van der Waals surface area contributed by atoms with Gasteiger partial charge in [0.1, 0.15) is 12.7 Å². The average molecular weight is 285 g/mol. The summed E-state index contributed by atoms with van der Waals surface area (Å²) in [6.07, 6.45) is -1.55. The van der Waals surface area contributed by atoms with Crippen molar-refractivity contribution in [1.29, 1.82) is 0 Å². The van der Waals surface area contributed by atoms with Crippen molar-refractivity contribution in [3.8, 4) is 0 Å². The molecule has 106 valence electrons. The summed E-state index contributed by atoms with van der Waals surface area (Å²) in [4.78, 5) is 32.6. The molecule has 0 fully saturated rings. The maximum absolute atomic E-state index is 11.1. The van der Waals surface area contributed by atoms with Crippen LogP contribution in [0, 0.1) is 5.92 Å². The van der Waals surface area contributed by atoms with Gasteiger partial charge in [-0.1, -0.05) is 6.92 Å². The SMILES string of the molecule is CCC(C(=O)O)[C@@H](CC(=O)O)OC(=O)COC.Cl. The molecule has 7 nitrogen and oxygen atoms in total. The highest BCUT2D eigenvalue weighted by molar-refractivity contribution is 5.85. The van der Waals surface area contributed by atoms with Gasteiger partial charge in [0.2, 0.25) is 0 Å². The number of hydrogen-bond donors (Lipinski definition) is 2. The van der Waals surface area contributed by atoms with Crippen LogP contribution in [0.25, 0.3) is 0 Å². The number of carboxylic acids is 2. The van der Waals surface area contributed by atoms with E-state index in [1.54, 1.807) is 6.92 Å². The fourth-order valence-corrected chi connectivity index (χ4v) is 1.36. The molecule has 0 aliphatic heterocycles. The van der Waals surface area contributed by atoms with E-state index in [0.29, 0.717) is 0 Å². The van der Waals surface area contributed by atoms with Crippen molar-refractivity contribution in [3.05, 3.63) is 0 Å². The van der Waals surface area contributed by atoms with Crippen molar-refractivity contribution in [2.24, 2.45) is 5.92 Å². The van der Waals surface area contributed by atoms with Crippen LogP contribution in [0.15, 0.2) is 0 Å². The van der Waals surface area contributed by atoms with E-state index < -0.39 is 36.4 Å². The van der Waals surface area contributed by atoms with Gasteiger partial charge < -0.3 is 19.7 Å². The molecule has 0 aromatic heterocycles. The molecule has 0 aliphatic carbocycles. The summed E-state index contributed by atoms with van der Waals surface area (Å²) in [5.74, 6) is -4.23. The molecule has 2 N–H and O–H groups in total. The summed E-state index contributed by atoms with van der Waals surface area (Å²) in [6.45, 7) is 1.24. The number of carboxylic acid groups (broad SMARTS) is 2. The molecule has 2 atom stereocenters. The predicted octanol–water partition coefficient (Wildman–Crippen LogP) is 0.552. The van der Waals surface area contributed by atoms with Crippen LogP contribution in [0.4, 0.5) is 0 Å². The molecule has 0 aromatic rings. The minimum Gasteiger partial charge on any atom is -0.481 e. The topological polar surface area (TPSA) is 110 Å². The highest BCUT2D eigenvalue weighted by Crippen LogP contribution is 2.16. The number of esters is 1. The lowest BCUT2D eigenvalue weighted by molar-refractivity contribution is -0.164. The number of carbonyl (C=O) groups is 3. The molecule has 0 bridgehead atoms. The summed E-state index contributed by atoms with van der Waals surface area (Å²) in [5, 5.41) is 17.5. The zero-order valence-electron chi connectivity index (χ0n) is 10.1. The maximum Gasteiger partial charge on any atom is 0.332 e. The molecule has 0 radical (unpaired) electrons. The van der Waals surface area contributed by atoms with Crippen molar-refractivity contribution >= 4 is 30.3 Å². The Kier molecular flexibility index (Phi) is 10.2. The monoisotopic (exact) mass is 284 g/mol. The van der Waals surface area contributed by atoms with E-state index in [-0.39, 0.29) is 25.4 Å². The Balaban J connectivity index is 0. The van der Waals surface area contributed by atoms with E-state index in [0.717, 1.165) is 0 Å². The van der Waals surface area contributed by atoms with Gasteiger partial charge in [-0.3, -0.25) is 9.59 Å². The van der Waals surface area contributed by atoms with E-state index in [4.69, 9.17) is 14.9 Å². The van der Waals surface area contributed by atoms with Crippen LogP contribution < -0.4 is 0 Å². The number of carbonyl (C=O) groups excluding carboxylic acids is 1. The van der Waals surface area contributed by atoms with Gasteiger partial charge in [-0.15, -0.1) is 12.4 Å². The van der Waals surface area contributed by atoms with Crippen LogP contribution in [0.1, 0.15) is 19.8 Å². The first-order valence-electron chi connectivity index (χ1n) is 5.05. The second kappa shape index (κ2) is 9.67. The van der Waals surface area contributed by atoms with Gasteiger partial charge in [-0.05, 0) is 6.42 Å².